The highest BCUT2D eigenvalue weighted by Crippen LogP contribution is 2.19. The Morgan fingerprint density at radius 1 is 1.30 bits per heavy atom. The van der Waals surface area contributed by atoms with Crippen molar-refractivity contribution in [2.45, 2.75) is 52.6 Å². The van der Waals surface area contributed by atoms with Crippen molar-refractivity contribution in [1.82, 2.24) is 24.8 Å². The summed E-state index contributed by atoms with van der Waals surface area (Å²) in [5.41, 5.74) is 10.6. The van der Waals surface area contributed by atoms with Gasteiger partial charge < -0.3 is 5.73 Å². The standard InChI is InChI=1S/C14H24N6/c1-5-13-12(7-10(3)15)14(6-2)20(17-13)9-11-8-19(4)18-16-11/h8,10H,5-7,9,15H2,1-4H3. The molecule has 0 aliphatic heterocycles. The maximum Gasteiger partial charge on any atom is 0.104 e. The Labute approximate surface area is 120 Å². The maximum atomic E-state index is 5.97. The van der Waals surface area contributed by atoms with Crippen molar-refractivity contribution >= 4 is 0 Å². The van der Waals surface area contributed by atoms with Crippen LogP contribution < -0.4 is 5.73 Å². The third kappa shape index (κ3) is 3.07. The second-order valence-electron chi connectivity index (χ2n) is 5.30. The molecule has 2 aromatic heterocycles. The molecule has 0 bridgehead atoms. The van der Waals surface area contributed by atoms with Gasteiger partial charge in [0.05, 0.1) is 12.2 Å². The van der Waals surface area contributed by atoms with E-state index in [0.29, 0.717) is 6.54 Å². The van der Waals surface area contributed by atoms with E-state index in [1.54, 1.807) is 4.68 Å². The summed E-state index contributed by atoms with van der Waals surface area (Å²) in [6.07, 6.45) is 4.70. The van der Waals surface area contributed by atoms with E-state index >= 15 is 0 Å². The van der Waals surface area contributed by atoms with Crippen LogP contribution in [0.4, 0.5) is 0 Å². The number of nitrogens with zero attached hydrogens (tertiary/aromatic N) is 5. The fourth-order valence-electron chi connectivity index (χ4n) is 2.58. The second kappa shape index (κ2) is 6.17. The van der Waals surface area contributed by atoms with Gasteiger partial charge in [0.15, 0.2) is 0 Å². The van der Waals surface area contributed by atoms with E-state index in [0.717, 1.165) is 30.7 Å². The van der Waals surface area contributed by atoms with Gasteiger partial charge >= 0.3 is 0 Å². The van der Waals surface area contributed by atoms with E-state index in [-0.39, 0.29) is 6.04 Å². The average molecular weight is 276 g/mol. The highest BCUT2D eigenvalue weighted by molar-refractivity contribution is 5.28. The molecular weight excluding hydrogens is 252 g/mol. The topological polar surface area (TPSA) is 74.5 Å². The molecule has 1 atom stereocenters. The van der Waals surface area contributed by atoms with Gasteiger partial charge in [-0.05, 0) is 31.7 Å². The predicted octanol–water partition coefficient (Wildman–Crippen LogP) is 1.07. The smallest absolute Gasteiger partial charge is 0.104 e. The van der Waals surface area contributed by atoms with Crippen LogP contribution in [-0.4, -0.2) is 30.8 Å². The van der Waals surface area contributed by atoms with Gasteiger partial charge in [0.2, 0.25) is 0 Å². The Bertz CT molecular complexity index is 566. The molecule has 6 nitrogen and oxygen atoms in total. The van der Waals surface area contributed by atoms with Gasteiger partial charge in [0, 0.05) is 25.0 Å². The number of rotatable bonds is 6. The van der Waals surface area contributed by atoms with Crippen molar-refractivity contribution in [2.24, 2.45) is 12.8 Å². The van der Waals surface area contributed by atoms with Gasteiger partial charge in [-0.3, -0.25) is 9.36 Å². The monoisotopic (exact) mass is 276 g/mol. The molecular formula is C14H24N6. The van der Waals surface area contributed by atoms with Crippen molar-refractivity contribution in [3.63, 3.8) is 0 Å². The molecule has 1 unspecified atom stereocenters. The van der Waals surface area contributed by atoms with Crippen LogP contribution >= 0.6 is 0 Å². The third-order valence-electron chi connectivity index (χ3n) is 3.41. The first-order valence-corrected chi connectivity index (χ1v) is 7.23. The van der Waals surface area contributed by atoms with Crippen molar-refractivity contribution in [1.29, 1.82) is 0 Å². The minimum atomic E-state index is 0.153. The van der Waals surface area contributed by atoms with Crippen molar-refractivity contribution in [3.8, 4) is 0 Å². The van der Waals surface area contributed by atoms with Crippen LogP contribution in [0.1, 0.15) is 43.4 Å². The highest BCUT2D eigenvalue weighted by atomic mass is 15.4. The number of nitrogens with two attached hydrogens (primary N) is 1. The molecule has 0 spiro atoms. The summed E-state index contributed by atoms with van der Waals surface area (Å²) in [6.45, 7) is 7.01. The molecule has 0 aliphatic carbocycles. The summed E-state index contributed by atoms with van der Waals surface area (Å²) in [7, 11) is 1.87. The highest BCUT2D eigenvalue weighted by Gasteiger charge is 2.17. The summed E-state index contributed by atoms with van der Waals surface area (Å²) < 4.78 is 3.77. The number of aryl methyl sites for hydroxylation is 2. The molecule has 0 fully saturated rings. The molecule has 0 aromatic carbocycles. The third-order valence-corrected chi connectivity index (χ3v) is 3.41. The largest absolute Gasteiger partial charge is 0.328 e. The summed E-state index contributed by atoms with van der Waals surface area (Å²) in [5.74, 6) is 0. The first-order chi connectivity index (χ1) is 9.55. The lowest BCUT2D eigenvalue weighted by atomic mass is 10.0. The van der Waals surface area contributed by atoms with E-state index < -0.39 is 0 Å². The van der Waals surface area contributed by atoms with E-state index in [2.05, 4.69) is 28.8 Å². The van der Waals surface area contributed by atoms with Gasteiger partial charge in [0.1, 0.15) is 5.69 Å². The van der Waals surface area contributed by atoms with Crippen molar-refractivity contribution < 1.29 is 0 Å². The average Bonchev–Trinajstić information content (AvgIpc) is 2.93. The van der Waals surface area contributed by atoms with E-state index in [1.165, 1.54) is 11.3 Å². The molecule has 2 rings (SSSR count). The normalized spacial score (nSPS) is 12.8. The van der Waals surface area contributed by atoms with Crippen LogP contribution in [0.25, 0.3) is 0 Å². The minimum absolute atomic E-state index is 0.153. The molecule has 0 saturated carbocycles. The van der Waals surface area contributed by atoms with Gasteiger partial charge in [-0.25, -0.2) is 0 Å². The van der Waals surface area contributed by atoms with Crippen molar-refractivity contribution in [3.05, 3.63) is 28.8 Å². The summed E-state index contributed by atoms with van der Waals surface area (Å²) >= 11 is 0. The lowest BCUT2D eigenvalue weighted by Crippen LogP contribution is -2.19. The molecule has 2 heterocycles. The summed E-state index contributed by atoms with van der Waals surface area (Å²) in [4.78, 5) is 0. The molecule has 20 heavy (non-hydrogen) atoms. The molecule has 110 valence electrons. The Balaban J connectivity index is 2.34. The van der Waals surface area contributed by atoms with Crippen LogP contribution in [0, 0.1) is 0 Å². The molecule has 2 N–H and O–H groups in total. The zero-order chi connectivity index (χ0) is 14.7. The first kappa shape index (κ1) is 14.7. The van der Waals surface area contributed by atoms with Crippen LogP contribution in [-0.2, 0) is 32.9 Å². The number of hydrogen-bond donors (Lipinski definition) is 1. The van der Waals surface area contributed by atoms with Crippen LogP contribution in [0.3, 0.4) is 0 Å². The minimum Gasteiger partial charge on any atom is -0.328 e. The summed E-state index contributed by atoms with van der Waals surface area (Å²) in [6, 6.07) is 0.153. The van der Waals surface area contributed by atoms with E-state index in [1.807, 2.05) is 20.2 Å². The van der Waals surface area contributed by atoms with Gasteiger partial charge in [-0.2, -0.15) is 5.10 Å². The Morgan fingerprint density at radius 3 is 2.55 bits per heavy atom. The van der Waals surface area contributed by atoms with Crippen molar-refractivity contribution in [2.75, 3.05) is 0 Å². The SMILES string of the molecule is CCc1nn(Cc2cn(C)nn2)c(CC)c1CC(C)N. The molecule has 6 heteroatoms. The van der Waals surface area contributed by atoms with E-state index in [4.69, 9.17) is 10.8 Å². The Morgan fingerprint density at radius 2 is 2.05 bits per heavy atom. The second-order valence-corrected chi connectivity index (χ2v) is 5.30. The number of aromatic nitrogens is 5. The molecule has 0 amide bonds. The molecule has 0 aliphatic rings. The Hall–Kier alpha value is -1.69. The lowest BCUT2D eigenvalue weighted by molar-refractivity contribution is 0.625. The first-order valence-electron chi connectivity index (χ1n) is 7.23. The van der Waals surface area contributed by atoms with Gasteiger partial charge in [-0.1, -0.05) is 19.1 Å². The molecule has 0 radical (unpaired) electrons. The zero-order valence-corrected chi connectivity index (χ0v) is 12.8. The number of hydrogen-bond acceptors (Lipinski definition) is 4. The van der Waals surface area contributed by atoms with Crippen LogP contribution in [0.2, 0.25) is 0 Å². The summed E-state index contributed by atoms with van der Waals surface area (Å²) in [5, 5.41) is 12.9. The van der Waals surface area contributed by atoms with Crippen LogP contribution in [0.15, 0.2) is 6.20 Å². The molecule has 2 aromatic rings. The Kier molecular flexibility index (Phi) is 4.54. The predicted molar refractivity (Wildman–Crippen MR) is 78.4 cm³/mol. The fraction of sp³-hybridized carbons (Fsp3) is 0.643. The van der Waals surface area contributed by atoms with E-state index in [9.17, 15) is 0 Å². The van der Waals surface area contributed by atoms with Crippen LogP contribution in [0.5, 0.6) is 0 Å². The lowest BCUT2D eigenvalue weighted by Gasteiger charge is -2.08. The van der Waals surface area contributed by atoms with Gasteiger partial charge in [0.25, 0.3) is 0 Å². The zero-order valence-electron chi connectivity index (χ0n) is 12.8. The van der Waals surface area contributed by atoms with Gasteiger partial charge in [-0.15, -0.1) is 5.10 Å². The molecule has 0 saturated heterocycles. The quantitative estimate of drug-likeness (QED) is 0.856. The fourth-order valence-corrected chi connectivity index (χ4v) is 2.58. The maximum absolute atomic E-state index is 5.97.